The third kappa shape index (κ3) is 1.50. The van der Waals surface area contributed by atoms with E-state index in [9.17, 15) is 0 Å². The van der Waals surface area contributed by atoms with E-state index < -0.39 is 6.04 Å². The van der Waals surface area contributed by atoms with E-state index in [2.05, 4.69) is 20.3 Å². The van der Waals surface area contributed by atoms with Crippen molar-refractivity contribution < 1.29 is 9.63 Å². The summed E-state index contributed by atoms with van der Waals surface area (Å²) >= 11 is 0. The van der Waals surface area contributed by atoms with Crippen molar-refractivity contribution in [2.45, 2.75) is 6.04 Å². The van der Waals surface area contributed by atoms with Crippen molar-refractivity contribution in [2.24, 2.45) is 5.73 Å². The molecule has 0 saturated heterocycles. The first-order valence-corrected chi connectivity index (χ1v) is 4.00. The normalized spacial score (nSPS) is 13.0. The van der Waals surface area contributed by atoms with Gasteiger partial charge in [0.25, 0.3) is 5.89 Å². The number of H-pyrrole nitrogens is 1. The fourth-order valence-electron chi connectivity index (χ4n) is 0.952. The molecule has 0 saturated carbocycles. The van der Waals surface area contributed by atoms with Gasteiger partial charge in [0.05, 0.1) is 24.4 Å². The van der Waals surface area contributed by atoms with Gasteiger partial charge in [-0.05, 0) is 0 Å². The standard InChI is InChI=1S/C7H9N5O2/c8-5(3-13)6-11-7(14-12-6)4-1-9-10-2-4/h1-2,5,13H,3,8H2,(H,9,10). The molecule has 7 heteroatoms. The highest BCUT2D eigenvalue weighted by Crippen LogP contribution is 2.16. The lowest BCUT2D eigenvalue weighted by molar-refractivity contribution is 0.260. The minimum Gasteiger partial charge on any atom is -0.394 e. The van der Waals surface area contributed by atoms with Gasteiger partial charge in [-0.2, -0.15) is 10.1 Å². The number of aromatic nitrogens is 4. The second-order valence-electron chi connectivity index (χ2n) is 2.73. The molecule has 0 radical (unpaired) electrons. The molecule has 0 aromatic carbocycles. The summed E-state index contributed by atoms with van der Waals surface area (Å²) in [5.74, 6) is 0.612. The van der Waals surface area contributed by atoms with Gasteiger partial charge in [0.2, 0.25) is 0 Å². The number of hydrogen-bond acceptors (Lipinski definition) is 6. The second-order valence-corrected chi connectivity index (χ2v) is 2.73. The maximum absolute atomic E-state index is 8.76. The molecule has 0 fully saturated rings. The van der Waals surface area contributed by atoms with Crippen molar-refractivity contribution >= 4 is 0 Å². The molecule has 7 nitrogen and oxygen atoms in total. The number of aliphatic hydroxyl groups is 1. The van der Waals surface area contributed by atoms with Gasteiger partial charge in [0, 0.05) is 6.20 Å². The van der Waals surface area contributed by atoms with E-state index in [0.29, 0.717) is 11.5 Å². The third-order valence-corrected chi connectivity index (χ3v) is 1.72. The van der Waals surface area contributed by atoms with Crippen LogP contribution in [-0.2, 0) is 0 Å². The average Bonchev–Trinajstić information content (AvgIpc) is 2.86. The summed E-state index contributed by atoms with van der Waals surface area (Å²) in [6, 6.07) is -0.612. The lowest BCUT2D eigenvalue weighted by Crippen LogP contribution is -2.15. The minimum atomic E-state index is -0.612. The van der Waals surface area contributed by atoms with Crippen molar-refractivity contribution in [2.75, 3.05) is 6.61 Å². The number of hydrogen-bond donors (Lipinski definition) is 3. The topological polar surface area (TPSA) is 114 Å². The van der Waals surface area contributed by atoms with Crippen LogP contribution in [0.25, 0.3) is 11.5 Å². The largest absolute Gasteiger partial charge is 0.394 e. The zero-order valence-corrected chi connectivity index (χ0v) is 7.21. The smallest absolute Gasteiger partial charge is 0.261 e. The van der Waals surface area contributed by atoms with Gasteiger partial charge >= 0.3 is 0 Å². The summed E-state index contributed by atoms with van der Waals surface area (Å²) in [6.07, 6.45) is 3.18. The molecule has 74 valence electrons. The molecule has 2 rings (SSSR count). The van der Waals surface area contributed by atoms with Gasteiger partial charge in [0.1, 0.15) is 0 Å². The highest BCUT2D eigenvalue weighted by atomic mass is 16.5. The molecule has 1 atom stereocenters. The molecular formula is C7H9N5O2. The van der Waals surface area contributed by atoms with Crippen LogP contribution < -0.4 is 5.73 Å². The molecule has 1 unspecified atom stereocenters. The quantitative estimate of drug-likeness (QED) is 0.605. The highest BCUT2D eigenvalue weighted by molar-refractivity contribution is 5.48. The van der Waals surface area contributed by atoms with Crippen LogP contribution in [0.5, 0.6) is 0 Å². The number of nitrogens with zero attached hydrogens (tertiary/aromatic N) is 3. The molecule has 0 bridgehead atoms. The van der Waals surface area contributed by atoms with Crippen LogP contribution in [0, 0.1) is 0 Å². The molecular weight excluding hydrogens is 186 g/mol. The number of aliphatic hydroxyl groups excluding tert-OH is 1. The minimum absolute atomic E-state index is 0.218. The molecule has 2 aromatic rings. The van der Waals surface area contributed by atoms with Crippen LogP contribution in [0.15, 0.2) is 16.9 Å². The SMILES string of the molecule is NC(CO)c1noc(-c2cn[nH]c2)n1. The van der Waals surface area contributed by atoms with E-state index in [1.165, 1.54) is 0 Å². The predicted molar refractivity (Wildman–Crippen MR) is 45.9 cm³/mol. The van der Waals surface area contributed by atoms with Crippen LogP contribution in [0.4, 0.5) is 0 Å². The van der Waals surface area contributed by atoms with Gasteiger partial charge in [-0.25, -0.2) is 0 Å². The Morgan fingerprint density at radius 1 is 1.64 bits per heavy atom. The maximum Gasteiger partial charge on any atom is 0.261 e. The van der Waals surface area contributed by atoms with Crippen LogP contribution >= 0.6 is 0 Å². The highest BCUT2D eigenvalue weighted by Gasteiger charge is 2.14. The first-order chi connectivity index (χ1) is 6.81. The summed E-state index contributed by atoms with van der Waals surface area (Å²) in [6.45, 7) is -0.218. The van der Waals surface area contributed by atoms with E-state index in [1.807, 2.05) is 0 Å². The fraction of sp³-hybridized carbons (Fsp3) is 0.286. The molecule has 14 heavy (non-hydrogen) atoms. The monoisotopic (exact) mass is 195 g/mol. The van der Waals surface area contributed by atoms with Crippen LogP contribution in [-0.4, -0.2) is 32.1 Å². The fourth-order valence-corrected chi connectivity index (χ4v) is 0.952. The van der Waals surface area contributed by atoms with E-state index in [0.717, 1.165) is 0 Å². The third-order valence-electron chi connectivity index (χ3n) is 1.72. The van der Waals surface area contributed by atoms with Crippen LogP contribution in [0.3, 0.4) is 0 Å². The predicted octanol–water partition coefficient (Wildman–Crippen LogP) is -0.548. The molecule has 2 heterocycles. The Balaban J connectivity index is 2.26. The Morgan fingerprint density at radius 2 is 2.50 bits per heavy atom. The summed E-state index contributed by atoms with van der Waals surface area (Å²) < 4.78 is 4.92. The lowest BCUT2D eigenvalue weighted by atomic mass is 10.3. The summed E-state index contributed by atoms with van der Waals surface area (Å²) in [5.41, 5.74) is 6.19. The number of nitrogens with two attached hydrogens (primary N) is 1. The van der Waals surface area contributed by atoms with E-state index in [-0.39, 0.29) is 12.4 Å². The van der Waals surface area contributed by atoms with Crippen molar-refractivity contribution in [3.05, 3.63) is 18.2 Å². The summed E-state index contributed by atoms with van der Waals surface area (Å²) in [5, 5.41) is 18.8. The molecule has 2 aromatic heterocycles. The van der Waals surface area contributed by atoms with Gasteiger partial charge in [-0.3, -0.25) is 5.10 Å². The van der Waals surface area contributed by atoms with Crippen molar-refractivity contribution in [1.29, 1.82) is 0 Å². The Kier molecular flexibility index (Phi) is 2.25. The maximum atomic E-state index is 8.76. The van der Waals surface area contributed by atoms with Gasteiger partial charge in [-0.1, -0.05) is 5.16 Å². The average molecular weight is 195 g/mol. The molecule has 0 amide bonds. The van der Waals surface area contributed by atoms with Gasteiger partial charge < -0.3 is 15.4 Å². The first-order valence-electron chi connectivity index (χ1n) is 4.00. The van der Waals surface area contributed by atoms with Crippen molar-refractivity contribution in [3.8, 4) is 11.5 Å². The molecule has 0 spiro atoms. The molecule has 4 N–H and O–H groups in total. The number of rotatable bonds is 3. The molecule has 0 aliphatic heterocycles. The van der Waals surface area contributed by atoms with Crippen molar-refractivity contribution in [3.63, 3.8) is 0 Å². The summed E-state index contributed by atoms with van der Waals surface area (Å²) in [7, 11) is 0. The van der Waals surface area contributed by atoms with E-state index in [1.54, 1.807) is 12.4 Å². The molecule has 0 aliphatic carbocycles. The summed E-state index contributed by atoms with van der Waals surface area (Å²) in [4.78, 5) is 4.00. The Bertz CT molecular complexity index is 396. The van der Waals surface area contributed by atoms with Gasteiger partial charge in [-0.15, -0.1) is 0 Å². The zero-order chi connectivity index (χ0) is 9.97. The first kappa shape index (κ1) is 8.85. The Labute approximate surface area is 78.9 Å². The second kappa shape index (κ2) is 3.56. The van der Waals surface area contributed by atoms with Crippen LogP contribution in [0.1, 0.15) is 11.9 Å². The van der Waals surface area contributed by atoms with Gasteiger partial charge in [0.15, 0.2) is 5.82 Å². The lowest BCUT2D eigenvalue weighted by Gasteiger charge is -1.98. The van der Waals surface area contributed by atoms with Crippen molar-refractivity contribution in [1.82, 2.24) is 20.3 Å². The van der Waals surface area contributed by atoms with E-state index >= 15 is 0 Å². The number of aromatic amines is 1. The zero-order valence-electron chi connectivity index (χ0n) is 7.21. The number of nitrogens with one attached hydrogen (secondary N) is 1. The van der Waals surface area contributed by atoms with E-state index in [4.69, 9.17) is 15.4 Å². The Hall–Kier alpha value is -1.73. The Morgan fingerprint density at radius 3 is 3.14 bits per heavy atom. The van der Waals surface area contributed by atoms with Crippen LogP contribution in [0.2, 0.25) is 0 Å². The molecule has 0 aliphatic rings.